The molecule has 1 saturated carbocycles. The molecule has 1 heterocycles. The Kier molecular flexibility index (Phi) is 4.03. The fraction of sp³-hybridized carbons (Fsp3) is 0.562. The lowest BCUT2D eigenvalue weighted by molar-refractivity contribution is -0.140. The first-order valence-electron chi connectivity index (χ1n) is 7.50. The van der Waals surface area contributed by atoms with Crippen LogP contribution in [0.5, 0.6) is 0 Å². The van der Waals surface area contributed by atoms with Gasteiger partial charge in [0.2, 0.25) is 0 Å². The van der Waals surface area contributed by atoms with E-state index in [1.165, 1.54) is 11.1 Å². The van der Waals surface area contributed by atoms with Gasteiger partial charge in [-0.05, 0) is 43.4 Å². The maximum Gasteiger partial charge on any atom is 0.322 e. The van der Waals surface area contributed by atoms with E-state index in [0.29, 0.717) is 12.6 Å². The lowest BCUT2D eigenvalue weighted by atomic mass is 10.0. The second-order valence-corrected chi connectivity index (χ2v) is 5.94. The molecule has 4 nitrogen and oxygen atoms in total. The van der Waals surface area contributed by atoms with Gasteiger partial charge < -0.3 is 10.4 Å². The van der Waals surface area contributed by atoms with Crippen molar-refractivity contribution in [3.63, 3.8) is 0 Å². The van der Waals surface area contributed by atoms with E-state index in [9.17, 15) is 9.90 Å². The van der Waals surface area contributed by atoms with Crippen molar-refractivity contribution in [2.24, 2.45) is 0 Å². The van der Waals surface area contributed by atoms with Crippen molar-refractivity contribution in [3.05, 3.63) is 35.4 Å². The molecule has 0 radical (unpaired) electrons. The van der Waals surface area contributed by atoms with Crippen LogP contribution in [0.25, 0.3) is 0 Å². The lowest BCUT2D eigenvalue weighted by Crippen LogP contribution is -2.46. The number of carboxylic acid groups (broad SMARTS) is 1. The molecule has 1 atom stereocenters. The number of benzene rings is 1. The van der Waals surface area contributed by atoms with Crippen molar-refractivity contribution in [3.8, 4) is 0 Å². The summed E-state index contributed by atoms with van der Waals surface area (Å²) in [7, 11) is 0. The van der Waals surface area contributed by atoms with Crippen LogP contribution in [0.4, 0.5) is 0 Å². The summed E-state index contributed by atoms with van der Waals surface area (Å²) in [6, 6.07) is 8.50. The van der Waals surface area contributed by atoms with E-state index in [1.54, 1.807) is 0 Å². The summed E-state index contributed by atoms with van der Waals surface area (Å²) < 4.78 is 0. The van der Waals surface area contributed by atoms with Gasteiger partial charge >= 0.3 is 5.97 Å². The highest BCUT2D eigenvalue weighted by Crippen LogP contribution is 2.21. The zero-order valence-corrected chi connectivity index (χ0v) is 11.7. The van der Waals surface area contributed by atoms with Gasteiger partial charge in [0, 0.05) is 19.1 Å². The van der Waals surface area contributed by atoms with Crippen molar-refractivity contribution in [2.45, 2.75) is 44.3 Å². The molecule has 0 bridgehead atoms. The Morgan fingerprint density at radius 3 is 2.80 bits per heavy atom. The molecule has 1 aliphatic heterocycles. The fourth-order valence-corrected chi connectivity index (χ4v) is 2.92. The summed E-state index contributed by atoms with van der Waals surface area (Å²) in [5, 5.41) is 12.6. The van der Waals surface area contributed by atoms with Crippen LogP contribution in [0, 0.1) is 0 Å². The van der Waals surface area contributed by atoms with Crippen molar-refractivity contribution >= 4 is 5.97 Å². The first-order chi connectivity index (χ1) is 9.72. The van der Waals surface area contributed by atoms with Crippen molar-refractivity contribution < 1.29 is 9.90 Å². The molecule has 4 heteroatoms. The second-order valence-electron chi connectivity index (χ2n) is 5.94. The molecular weight excluding hydrogens is 252 g/mol. The molecule has 0 saturated heterocycles. The number of aliphatic carboxylic acids is 1. The summed E-state index contributed by atoms with van der Waals surface area (Å²) in [4.78, 5) is 13.7. The first-order valence-corrected chi connectivity index (χ1v) is 7.50. The number of nitrogens with one attached hydrogen (secondary N) is 1. The van der Waals surface area contributed by atoms with E-state index in [0.717, 1.165) is 38.8 Å². The first kappa shape index (κ1) is 13.6. The van der Waals surface area contributed by atoms with Crippen LogP contribution in [-0.2, 0) is 17.8 Å². The van der Waals surface area contributed by atoms with Crippen molar-refractivity contribution in [1.29, 1.82) is 0 Å². The number of nitrogens with zero attached hydrogens (tertiary/aromatic N) is 1. The van der Waals surface area contributed by atoms with Crippen molar-refractivity contribution in [1.82, 2.24) is 10.2 Å². The second kappa shape index (κ2) is 5.94. The number of hydrogen-bond donors (Lipinski definition) is 2. The summed E-state index contributed by atoms with van der Waals surface area (Å²) >= 11 is 0. The van der Waals surface area contributed by atoms with E-state index in [2.05, 4.69) is 34.5 Å². The lowest BCUT2D eigenvalue weighted by Gasteiger charge is -2.25. The van der Waals surface area contributed by atoms with E-state index < -0.39 is 12.0 Å². The third kappa shape index (κ3) is 3.38. The van der Waals surface area contributed by atoms with Crippen molar-refractivity contribution in [2.75, 3.05) is 13.1 Å². The Balaban J connectivity index is 1.65. The zero-order chi connectivity index (χ0) is 13.9. The fourth-order valence-electron chi connectivity index (χ4n) is 2.92. The predicted octanol–water partition coefficient (Wildman–Crippen LogP) is 1.64. The zero-order valence-electron chi connectivity index (χ0n) is 11.7. The maximum absolute atomic E-state index is 11.4. The maximum atomic E-state index is 11.4. The van der Waals surface area contributed by atoms with Gasteiger partial charge in [-0.15, -0.1) is 0 Å². The van der Waals surface area contributed by atoms with Gasteiger partial charge in [0.1, 0.15) is 6.04 Å². The van der Waals surface area contributed by atoms with Crippen LogP contribution >= 0.6 is 0 Å². The third-order valence-electron chi connectivity index (χ3n) is 4.19. The van der Waals surface area contributed by atoms with Crippen LogP contribution < -0.4 is 5.32 Å². The highest BCUT2D eigenvalue weighted by molar-refractivity contribution is 5.73. The monoisotopic (exact) mass is 274 g/mol. The largest absolute Gasteiger partial charge is 0.480 e. The Bertz CT molecular complexity index is 485. The van der Waals surface area contributed by atoms with E-state index in [4.69, 9.17) is 0 Å². The van der Waals surface area contributed by atoms with Gasteiger partial charge in [-0.2, -0.15) is 0 Å². The normalized spacial score (nSPS) is 21.0. The minimum absolute atomic E-state index is 0.426. The molecule has 1 fully saturated rings. The Morgan fingerprint density at radius 2 is 2.10 bits per heavy atom. The number of fused-ring (bicyclic) bond motifs is 1. The van der Waals surface area contributed by atoms with Gasteiger partial charge in [0.25, 0.3) is 0 Å². The van der Waals surface area contributed by atoms with Crippen LogP contribution in [0.3, 0.4) is 0 Å². The van der Waals surface area contributed by atoms with Crippen LogP contribution in [0.1, 0.15) is 30.4 Å². The third-order valence-corrected chi connectivity index (χ3v) is 4.19. The van der Waals surface area contributed by atoms with E-state index in [1.807, 2.05) is 0 Å². The Hall–Kier alpha value is -1.39. The number of carboxylic acids is 1. The average Bonchev–Trinajstić information content (AvgIpc) is 3.24. The number of hydrogen-bond acceptors (Lipinski definition) is 3. The standard InChI is InChI=1S/C16H22N2O2/c19-16(20)15(17-14-7-8-14)11-18-9-3-6-12-4-1-2-5-13(12)10-18/h1-2,4-5,14-15,17H,3,6-11H2,(H,19,20). The topological polar surface area (TPSA) is 52.6 Å². The molecule has 2 aliphatic rings. The molecule has 20 heavy (non-hydrogen) atoms. The molecule has 108 valence electrons. The van der Waals surface area contributed by atoms with E-state index >= 15 is 0 Å². The minimum Gasteiger partial charge on any atom is -0.480 e. The van der Waals surface area contributed by atoms with Crippen LogP contribution in [0.2, 0.25) is 0 Å². The van der Waals surface area contributed by atoms with Gasteiger partial charge in [-0.25, -0.2) is 0 Å². The molecule has 1 aliphatic carbocycles. The highest BCUT2D eigenvalue weighted by Gasteiger charge is 2.29. The molecule has 3 rings (SSSR count). The van der Waals surface area contributed by atoms with Gasteiger partial charge in [-0.3, -0.25) is 9.69 Å². The Morgan fingerprint density at radius 1 is 1.35 bits per heavy atom. The SMILES string of the molecule is O=C(O)C(CN1CCCc2ccccc2C1)NC1CC1. The summed E-state index contributed by atoms with van der Waals surface area (Å²) in [6.07, 6.45) is 4.44. The summed E-state index contributed by atoms with van der Waals surface area (Å²) in [5.41, 5.74) is 2.76. The minimum atomic E-state index is -0.727. The molecule has 0 amide bonds. The number of rotatable bonds is 5. The molecule has 1 aromatic carbocycles. The summed E-state index contributed by atoms with van der Waals surface area (Å²) in [5.74, 6) is -0.727. The summed E-state index contributed by atoms with van der Waals surface area (Å²) in [6.45, 7) is 2.44. The smallest absolute Gasteiger partial charge is 0.322 e. The highest BCUT2D eigenvalue weighted by atomic mass is 16.4. The number of aryl methyl sites for hydroxylation is 1. The Labute approximate surface area is 119 Å². The molecule has 1 unspecified atom stereocenters. The van der Waals surface area contributed by atoms with E-state index in [-0.39, 0.29) is 0 Å². The molecule has 1 aromatic rings. The average molecular weight is 274 g/mol. The quantitative estimate of drug-likeness (QED) is 0.857. The molecule has 2 N–H and O–H groups in total. The number of carbonyl (C=O) groups is 1. The van der Waals surface area contributed by atoms with Crippen LogP contribution in [-0.4, -0.2) is 41.1 Å². The van der Waals surface area contributed by atoms with Gasteiger partial charge in [0.05, 0.1) is 0 Å². The van der Waals surface area contributed by atoms with Crippen LogP contribution in [0.15, 0.2) is 24.3 Å². The molecule has 0 aromatic heterocycles. The molecular formula is C16H22N2O2. The van der Waals surface area contributed by atoms with Gasteiger partial charge in [0.15, 0.2) is 0 Å². The predicted molar refractivity (Wildman–Crippen MR) is 77.6 cm³/mol. The molecule has 0 spiro atoms. The van der Waals surface area contributed by atoms with Gasteiger partial charge in [-0.1, -0.05) is 24.3 Å².